The van der Waals surface area contributed by atoms with Crippen molar-refractivity contribution in [3.63, 3.8) is 0 Å². The third-order valence-electron chi connectivity index (χ3n) is 3.40. The van der Waals surface area contributed by atoms with E-state index in [4.69, 9.17) is 8.94 Å². The quantitative estimate of drug-likeness (QED) is 0.569. The molecule has 0 aliphatic rings. The van der Waals surface area contributed by atoms with Crippen LogP contribution in [-0.2, 0) is 0 Å². The maximum Gasteiger partial charge on any atom is 0.253 e. The summed E-state index contributed by atoms with van der Waals surface area (Å²) in [7, 11) is 0. The minimum absolute atomic E-state index is 0.310. The van der Waals surface area contributed by atoms with Crippen LogP contribution in [0.3, 0.4) is 0 Å². The SMILES string of the molecule is C[C@H](c1nc(-c2ccco2)no1)n1nnc(-c2cccc(F)c2)n1. The highest BCUT2D eigenvalue weighted by Gasteiger charge is 2.21. The van der Waals surface area contributed by atoms with Gasteiger partial charge in [-0.25, -0.2) is 4.39 Å². The van der Waals surface area contributed by atoms with E-state index in [1.165, 1.54) is 23.2 Å². The molecule has 4 rings (SSSR count). The van der Waals surface area contributed by atoms with E-state index in [2.05, 4.69) is 25.6 Å². The van der Waals surface area contributed by atoms with Crippen LogP contribution in [0.5, 0.6) is 0 Å². The Morgan fingerprint density at radius 3 is 2.88 bits per heavy atom. The van der Waals surface area contributed by atoms with Gasteiger partial charge in [0.15, 0.2) is 5.76 Å². The van der Waals surface area contributed by atoms with E-state index in [9.17, 15) is 4.39 Å². The van der Waals surface area contributed by atoms with Gasteiger partial charge in [0.2, 0.25) is 11.6 Å². The van der Waals surface area contributed by atoms with E-state index in [1.807, 2.05) is 0 Å². The number of tetrazole rings is 1. The van der Waals surface area contributed by atoms with Crippen molar-refractivity contribution in [1.82, 2.24) is 30.3 Å². The van der Waals surface area contributed by atoms with Crippen LogP contribution in [0.4, 0.5) is 4.39 Å². The zero-order chi connectivity index (χ0) is 16.5. The molecule has 3 heterocycles. The number of nitrogens with zero attached hydrogens (tertiary/aromatic N) is 6. The number of halogens is 1. The molecule has 9 heteroatoms. The van der Waals surface area contributed by atoms with Gasteiger partial charge in [-0.2, -0.15) is 9.78 Å². The molecule has 1 aromatic carbocycles. The van der Waals surface area contributed by atoms with Crippen molar-refractivity contribution in [1.29, 1.82) is 0 Å². The molecule has 0 fully saturated rings. The Morgan fingerprint density at radius 1 is 1.17 bits per heavy atom. The predicted molar refractivity (Wildman–Crippen MR) is 79.0 cm³/mol. The van der Waals surface area contributed by atoms with E-state index >= 15 is 0 Å². The van der Waals surface area contributed by atoms with Crippen molar-refractivity contribution >= 4 is 0 Å². The van der Waals surface area contributed by atoms with Crippen LogP contribution in [0.15, 0.2) is 51.6 Å². The Bertz CT molecular complexity index is 962. The van der Waals surface area contributed by atoms with Crippen LogP contribution in [-0.4, -0.2) is 30.3 Å². The fraction of sp³-hybridized carbons (Fsp3) is 0.133. The fourth-order valence-corrected chi connectivity index (χ4v) is 2.14. The maximum absolute atomic E-state index is 13.3. The lowest BCUT2D eigenvalue weighted by molar-refractivity contribution is 0.320. The molecule has 0 N–H and O–H groups in total. The monoisotopic (exact) mass is 326 g/mol. The van der Waals surface area contributed by atoms with E-state index in [0.717, 1.165) is 0 Å². The highest BCUT2D eigenvalue weighted by atomic mass is 19.1. The number of hydrogen-bond donors (Lipinski definition) is 0. The fourth-order valence-electron chi connectivity index (χ4n) is 2.14. The number of furan rings is 1. The van der Waals surface area contributed by atoms with Crippen molar-refractivity contribution in [3.8, 4) is 23.0 Å². The largest absolute Gasteiger partial charge is 0.461 e. The first-order chi connectivity index (χ1) is 11.7. The van der Waals surface area contributed by atoms with Crippen molar-refractivity contribution in [2.24, 2.45) is 0 Å². The van der Waals surface area contributed by atoms with Crippen LogP contribution >= 0.6 is 0 Å². The van der Waals surface area contributed by atoms with Gasteiger partial charge in [-0.05, 0) is 36.4 Å². The topological polar surface area (TPSA) is 95.7 Å². The molecule has 0 saturated heterocycles. The smallest absolute Gasteiger partial charge is 0.253 e. The Morgan fingerprint density at radius 2 is 2.08 bits per heavy atom. The van der Waals surface area contributed by atoms with Crippen molar-refractivity contribution in [2.75, 3.05) is 0 Å². The standard InChI is InChI=1S/C15H11FN6O2/c1-9(15-17-14(20-24-15)12-6-3-7-23-12)22-19-13(18-21-22)10-4-2-5-11(16)8-10/h2-9H,1H3/t9-/m1/s1. The van der Waals surface area contributed by atoms with Gasteiger partial charge in [-0.3, -0.25) is 0 Å². The summed E-state index contributed by atoms with van der Waals surface area (Å²) >= 11 is 0. The second-order valence-electron chi connectivity index (χ2n) is 5.05. The lowest BCUT2D eigenvalue weighted by Crippen LogP contribution is -2.11. The maximum atomic E-state index is 13.3. The number of hydrogen-bond acceptors (Lipinski definition) is 7. The Balaban J connectivity index is 1.60. The summed E-state index contributed by atoms with van der Waals surface area (Å²) in [5.74, 6) is 1.10. The summed E-state index contributed by atoms with van der Waals surface area (Å²) in [5, 5.41) is 16.0. The molecule has 0 saturated carbocycles. The average molecular weight is 326 g/mol. The second kappa shape index (κ2) is 5.69. The van der Waals surface area contributed by atoms with Crippen molar-refractivity contribution in [3.05, 3.63) is 54.4 Å². The Labute approximate surface area is 134 Å². The molecule has 3 aromatic heterocycles. The molecule has 0 spiro atoms. The van der Waals surface area contributed by atoms with Crippen LogP contribution in [0.2, 0.25) is 0 Å². The minimum atomic E-state index is -0.434. The molecule has 0 radical (unpaired) electrons. The first-order valence-electron chi connectivity index (χ1n) is 7.13. The first-order valence-corrected chi connectivity index (χ1v) is 7.13. The second-order valence-corrected chi connectivity index (χ2v) is 5.05. The normalized spacial score (nSPS) is 12.4. The molecule has 8 nitrogen and oxygen atoms in total. The van der Waals surface area contributed by atoms with Gasteiger partial charge in [0.05, 0.1) is 6.26 Å². The molecule has 0 bridgehead atoms. The van der Waals surface area contributed by atoms with Gasteiger partial charge in [-0.1, -0.05) is 17.3 Å². The van der Waals surface area contributed by atoms with Crippen LogP contribution < -0.4 is 0 Å². The highest BCUT2D eigenvalue weighted by molar-refractivity contribution is 5.53. The molecular weight excluding hydrogens is 315 g/mol. The molecule has 120 valence electrons. The van der Waals surface area contributed by atoms with Gasteiger partial charge < -0.3 is 8.94 Å². The zero-order valence-corrected chi connectivity index (χ0v) is 12.5. The van der Waals surface area contributed by atoms with Gasteiger partial charge in [0.25, 0.3) is 5.89 Å². The van der Waals surface area contributed by atoms with Gasteiger partial charge in [-0.15, -0.1) is 10.2 Å². The summed E-state index contributed by atoms with van der Waals surface area (Å²) in [6, 6.07) is 9.02. The van der Waals surface area contributed by atoms with Crippen LogP contribution in [0, 0.1) is 5.82 Å². The van der Waals surface area contributed by atoms with Crippen LogP contribution in [0.1, 0.15) is 18.9 Å². The van der Waals surface area contributed by atoms with E-state index < -0.39 is 6.04 Å². The molecule has 0 aliphatic carbocycles. The molecule has 4 aromatic rings. The van der Waals surface area contributed by atoms with Crippen molar-refractivity contribution in [2.45, 2.75) is 13.0 Å². The number of rotatable bonds is 4. The molecular formula is C15H11FN6O2. The predicted octanol–water partition coefficient (Wildman–Crippen LogP) is 2.73. The van der Waals surface area contributed by atoms with E-state index in [0.29, 0.717) is 28.9 Å². The third kappa shape index (κ3) is 2.56. The number of benzene rings is 1. The van der Waals surface area contributed by atoms with Crippen molar-refractivity contribution < 1.29 is 13.3 Å². The zero-order valence-electron chi connectivity index (χ0n) is 12.5. The summed E-state index contributed by atoms with van der Waals surface area (Å²) < 4.78 is 23.7. The molecule has 0 aliphatic heterocycles. The lowest BCUT2D eigenvalue weighted by Gasteiger charge is -2.02. The molecule has 1 atom stereocenters. The molecule has 24 heavy (non-hydrogen) atoms. The van der Waals surface area contributed by atoms with Gasteiger partial charge in [0.1, 0.15) is 11.9 Å². The third-order valence-corrected chi connectivity index (χ3v) is 3.40. The first kappa shape index (κ1) is 14.2. The minimum Gasteiger partial charge on any atom is -0.461 e. The number of aromatic nitrogens is 6. The average Bonchev–Trinajstić information content (AvgIpc) is 3.33. The van der Waals surface area contributed by atoms with Gasteiger partial charge >= 0.3 is 0 Å². The summed E-state index contributed by atoms with van der Waals surface area (Å²) in [4.78, 5) is 5.60. The summed E-state index contributed by atoms with van der Waals surface area (Å²) in [6.07, 6.45) is 1.53. The highest BCUT2D eigenvalue weighted by Crippen LogP contribution is 2.21. The Kier molecular flexibility index (Phi) is 3.38. The van der Waals surface area contributed by atoms with E-state index in [1.54, 1.807) is 31.2 Å². The molecule has 0 amide bonds. The van der Waals surface area contributed by atoms with Crippen LogP contribution in [0.25, 0.3) is 23.0 Å². The summed E-state index contributed by atoms with van der Waals surface area (Å²) in [5.41, 5.74) is 0.537. The lowest BCUT2D eigenvalue weighted by atomic mass is 10.2. The summed E-state index contributed by atoms with van der Waals surface area (Å²) in [6.45, 7) is 1.79. The van der Waals surface area contributed by atoms with E-state index in [-0.39, 0.29) is 5.82 Å². The van der Waals surface area contributed by atoms with Gasteiger partial charge in [0, 0.05) is 5.56 Å². The Hall–Kier alpha value is -3.36. The molecule has 0 unspecified atom stereocenters.